The van der Waals surface area contributed by atoms with Crippen LogP contribution in [-0.2, 0) is 9.53 Å². The van der Waals surface area contributed by atoms with Crippen LogP contribution < -0.4 is 10.1 Å². The Morgan fingerprint density at radius 3 is 2.71 bits per heavy atom. The fourth-order valence-electron chi connectivity index (χ4n) is 2.43. The summed E-state index contributed by atoms with van der Waals surface area (Å²) < 4.78 is 11.3. The molecule has 1 aromatic rings. The molecule has 0 aromatic heterocycles. The largest absolute Gasteiger partial charge is 0.482 e. The van der Waals surface area contributed by atoms with E-state index in [4.69, 9.17) is 21.1 Å². The van der Waals surface area contributed by atoms with Crippen molar-refractivity contribution in [2.75, 3.05) is 26.3 Å². The molecule has 8 heteroatoms. The molecule has 1 saturated heterocycles. The number of nitrogens with one attached hydrogen (secondary N) is 1. The summed E-state index contributed by atoms with van der Waals surface area (Å²) in [4.78, 5) is 25.3. The van der Waals surface area contributed by atoms with Crippen LogP contribution in [0.5, 0.6) is 5.75 Å². The van der Waals surface area contributed by atoms with Crippen molar-refractivity contribution in [2.45, 2.75) is 25.8 Å². The number of benzene rings is 1. The van der Waals surface area contributed by atoms with Gasteiger partial charge >= 0.3 is 6.09 Å². The molecule has 2 rings (SSSR count). The van der Waals surface area contributed by atoms with Gasteiger partial charge < -0.3 is 19.7 Å². The van der Waals surface area contributed by atoms with Crippen molar-refractivity contribution < 1.29 is 19.1 Å². The van der Waals surface area contributed by atoms with E-state index in [-0.39, 0.29) is 24.6 Å². The molecule has 0 unspecified atom stereocenters. The van der Waals surface area contributed by atoms with E-state index in [0.717, 1.165) is 4.47 Å². The Morgan fingerprint density at radius 1 is 1.38 bits per heavy atom. The van der Waals surface area contributed by atoms with Crippen molar-refractivity contribution in [3.63, 3.8) is 0 Å². The number of piperidine rings is 1. The molecular weight excluding hydrogens is 400 g/mol. The second kappa shape index (κ2) is 9.13. The molecule has 0 aliphatic carbocycles. The second-order valence-electron chi connectivity index (χ2n) is 5.39. The fraction of sp³-hybridized carbons (Fsp3) is 0.500. The van der Waals surface area contributed by atoms with Gasteiger partial charge in [-0.1, -0.05) is 27.5 Å². The topological polar surface area (TPSA) is 67.9 Å². The van der Waals surface area contributed by atoms with Gasteiger partial charge in [-0.3, -0.25) is 4.79 Å². The number of likely N-dealkylation sites (tertiary alicyclic amines) is 1. The van der Waals surface area contributed by atoms with Crippen molar-refractivity contribution in [3.05, 3.63) is 27.7 Å². The van der Waals surface area contributed by atoms with E-state index in [1.165, 1.54) is 0 Å². The molecule has 1 fully saturated rings. The predicted octanol–water partition coefficient (Wildman–Crippen LogP) is 3.22. The van der Waals surface area contributed by atoms with Crippen molar-refractivity contribution >= 4 is 39.5 Å². The van der Waals surface area contributed by atoms with Gasteiger partial charge in [0.05, 0.1) is 11.6 Å². The van der Waals surface area contributed by atoms with Crippen LogP contribution in [-0.4, -0.2) is 49.2 Å². The molecule has 0 bridgehead atoms. The van der Waals surface area contributed by atoms with E-state index in [0.29, 0.717) is 43.3 Å². The van der Waals surface area contributed by atoms with Crippen LogP contribution in [0.1, 0.15) is 19.8 Å². The van der Waals surface area contributed by atoms with Gasteiger partial charge in [0.2, 0.25) is 0 Å². The number of ether oxygens (including phenoxy) is 2. The molecule has 24 heavy (non-hydrogen) atoms. The van der Waals surface area contributed by atoms with E-state index < -0.39 is 0 Å². The Kier molecular flexibility index (Phi) is 7.17. The van der Waals surface area contributed by atoms with Gasteiger partial charge in [-0.15, -0.1) is 0 Å². The number of nitrogens with zero attached hydrogens (tertiary/aromatic N) is 1. The molecule has 1 aromatic carbocycles. The third kappa shape index (κ3) is 5.56. The molecular formula is C16H20BrClN2O4. The minimum atomic E-state index is -0.296. The minimum Gasteiger partial charge on any atom is -0.482 e. The molecule has 132 valence electrons. The number of hydrogen-bond donors (Lipinski definition) is 1. The highest BCUT2D eigenvalue weighted by Gasteiger charge is 2.24. The molecule has 0 radical (unpaired) electrons. The number of halogens is 2. The zero-order chi connectivity index (χ0) is 17.5. The molecule has 0 atom stereocenters. The summed E-state index contributed by atoms with van der Waals surface area (Å²) in [5.41, 5.74) is 0. The summed E-state index contributed by atoms with van der Waals surface area (Å²) in [5, 5.41) is 3.36. The van der Waals surface area contributed by atoms with E-state index >= 15 is 0 Å². The summed E-state index contributed by atoms with van der Waals surface area (Å²) in [7, 11) is 0. The van der Waals surface area contributed by atoms with Crippen molar-refractivity contribution in [2.24, 2.45) is 0 Å². The van der Waals surface area contributed by atoms with Crippen LogP contribution in [0.4, 0.5) is 4.79 Å². The third-order valence-corrected chi connectivity index (χ3v) is 4.43. The van der Waals surface area contributed by atoms with Crippen LogP contribution in [0, 0.1) is 0 Å². The molecule has 1 N–H and O–H groups in total. The summed E-state index contributed by atoms with van der Waals surface area (Å²) in [6.45, 7) is 3.19. The summed E-state index contributed by atoms with van der Waals surface area (Å²) in [6.07, 6.45) is 1.10. The lowest BCUT2D eigenvalue weighted by Crippen LogP contribution is -2.47. The maximum Gasteiger partial charge on any atom is 0.409 e. The lowest BCUT2D eigenvalue weighted by Gasteiger charge is -2.31. The van der Waals surface area contributed by atoms with E-state index in [1.54, 1.807) is 30.0 Å². The third-order valence-electron chi connectivity index (χ3n) is 3.64. The monoisotopic (exact) mass is 418 g/mol. The normalized spacial score (nSPS) is 15.0. The number of rotatable bonds is 5. The van der Waals surface area contributed by atoms with Crippen molar-refractivity contribution in [1.82, 2.24) is 10.2 Å². The number of amides is 2. The number of carbonyl (C=O) groups excluding carboxylic acids is 2. The van der Waals surface area contributed by atoms with Crippen LogP contribution >= 0.6 is 27.5 Å². The Labute approximate surface area is 154 Å². The maximum atomic E-state index is 12.0. The lowest BCUT2D eigenvalue weighted by atomic mass is 10.1. The summed E-state index contributed by atoms with van der Waals surface area (Å²) in [5.74, 6) is 0.260. The van der Waals surface area contributed by atoms with Gasteiger partial charge in [0, 0.05) is 23.6 Å². The molecule has 0 spiro atoms. The molecule has 1 aliphatic heterocycles. The first-order valence-electron chi connectivity index (χ1n) is 7.78. The van der Waals surface area contributed by atoms with Crippen molar-refractivity contribution in [3.8, 4) is 5.75 Å². The SMILES string of the molecule is CCOC(=O)N1CCC(NC(=O)COc2ccc(Br)cc2Cl)CC1. The van der Waals surface area contributed by atoms with Gasteiger partial charge in [-0.05, 0) is 38.0 Å². The highest BCUT2D eigenvalue weighted by molar-refractivity contribution is 9.10. The van der Waals surface area contributed by atoms with Gasteiger partial charge in [0.1, 0.15) is 5.75 Å². The van der Waals surface area contributed by atoms with Gasteiger partial charge in [0.25, 0.3) is 5.91 Å². The van der Waals surface area contributed by atoms with E-state index in [2.05, 4.69) is 21.2 Å². The average Bonchev–Trinajstić information content (AvgIpc) is 2.55. The van der Waals surface area contributed by atoms with Crippen LogP contribution in [0.25, 0.3) is 0 Å². The Hall–Kier alpha value is -1.47. The van der Waals surface area contributed by atoms with Gasteiger partial charge in [-0.2, -0.15) is 0 Å². The van der Waals surface area contributed by atoms with E-state index in [9.17, 15) is 9.59 Å². The molecule has 1 heterocycles. The van der Waals surface area contributed by atoms with Gasteiger partial charge in [-0.25, -0.2) is 4.79 Å². The van der Waals surface area contributed by atoms with Crippen LogP contribution in [0.3, 0.4) is 0 Å². The highest BCUT2D eigenvalue weighted by atomic mass is 79.9. The zero-order valence-corrected chi connectivity index (χ0v) is 15.7. The first-order chi connectivity index (χ1) is 11.5. The molecule has 6 nitrogen and oxygen atoms in total. The molecule has 2 amide bonds. The first-order valence-corrected chi connectivity index (χ1v) is 8.95. The zero-order valence-electron chi connectivity index (χ0n) is 13.4. The standard InChI is InChI=1S/C16H20BrClN2O4/c1-2-23-16(22)20-7-5-12(6-8-20)19-15(21)10-24-14-4-3-11(17)9-13(14)18/h3-4,9,12H,2,5-8,10H2,1H3,(H,19,21). The van der Waals surface area contributed by atoms with Crippen LogP contribution in [0.2, 0.25) is 5.02 Å². The summed E-state index contributed by atoms with van der Waals surface area (Å²) >= 11 is 9.35. The molecule has 1 aliphatic rings. The quantitative estimate of drug-likeness (QED) is 0.796. The Bertz CT molecular complexity index is 591. The predicted molar refractivity (Wildman–Crippen MR) is 94.4 cm³/mol. The lowest BCUT2D eigenvalue weighted by molar-refractivity contribution is -0.124. The minimum absolute atomic E-state index is 0.0344. The van der Waals surface area contributed by atoms with E-state index in [1.807, 2.05) is 0 Å². The Morgan fingerprint density at radius 2 is 2.08 bits per heavy atom. The van der Waals surface area contributed by atoms with Crippen molar-refractivity contribution in [1.29, 1.82) is 0 Å². The number of hydrogen-bond acceptors (Lipinski definition) is 4. The first kappa shape index (κ1) is 18.9. The average molecular weight is 420 g/mol. The second-order valence-corrected chi connectivity index (χ2v) is 6.71. The fourth-order valence-corrected chi connectivity index (χ4v) is 3.15. The van der Waals surface area contributed by atoms with Gasteiger partial charge in [0.15, 0.2) is 6.61 Å². The highest BCUT2D eigenvalue weighted by Crippen LogP contribution is 2.27. The smallest absolute Gasteiger partial charge is 0.409 e. The Balaban J connectivity index is 1.73. The summed E-state index contributed by atoms with van der Waals surface area (Å²) in [6, 6.07) is 5.24. The maximum absolute atomic E-state index is 12.0. The number of carbonyl (C=O) groups is 2. The molecule has 0 saturated carbocycles. The van der Waals surface area contributed by atoms with Crippen LogP contribution in [0.15, 0.2) is 22.7 Å².